The van der Waals surface area contributed by atoms with Gasteiger partial charge in [-0.1, -0.05) is 6.42 Å². The van der Waals surface area contributed by atoms with E-state index in [1.54, 1.807) is 12.4 Å². The smallest absolute Gasteiger partial charge is 0.181 e. The molecular weight excluding hydrogens is 557 g/mol. The topological polar surface area (TPSA) is 105 Å². The molecule has 0 radical (unpaired) electrons. The fraction of sp³-hybridized carbons (Fsp3) is 0.294. The number of ether oxygens (including phenoxy) is 2. The van der Waals surface area contributed by atoms with Crippen molar-refractivity contribution in [2.24, 2.45) is 0 Å². The van der Waals surface area contributed by atoms with Crippen molar-refractivity contribution in [1.82, 2.24) is 35.0 Å². The molecule has 1 aliphatic carbocycles. The van der Waals surface area contributed by atoms with Gasteiger partial charge in [0.05, 0.1) is 29.4 Å². The van der Waals surface area contributed by atoms with Crippen molar-refractivity contribution in [2.75, 3.05) is 27.2 Å². The summed E-state index contributed by atoms with van der Waals surface area (Å²) in [5.74, 6) is 0.872. The van der Waals surface area contributed by atoms with Gasteiger partial charge in [0.2, 0.25) is 0 Å². The van der Waals surface area contributed by atoms with E-state index in [-0.39, 0.29) is 11.9 Å². The summed E-state index contributed by atoms with van der Waals surface area (Å²) in [6, 6.07) is 12.7. The highest BCUT2D eigenvalue weighted by molar-refractivity contribution is 6.00. The quantitative estimate of drug-likeness (QED) is 0.186. The maximum absolute atomic E-state index is 14.7. The van der Waals surface area contributed by atoms with Crippen molar-refractivity contribution in [3.8, 4) is 45.3 Å². The van der Waals surface area contributed by atoms with Gasteiger partial charge in [0, 0.05) is 64.2 Å². The average molecular weight is 592 g/mol. The first-order valence-corrected chi connectivity index (χ1v) is 15.0. The van der Waals surface area contributed by atoms with Crippen molar-refractivity contribution in [2.45, 2.75) is 38.2 Å². The SMILES string of the molecule is CN(C)CCOc1cc(F)cc(-c2nccc3[nH]c(-c4[nH]nc5ncc(-c6cncc(OC7CCCCC7)c6)cc45)cc23)c1. The zero-order valence-corrected chi connectivity index (χ0v) is 24.8. The minimum Gasteiger partial charge on any atom is -0.492 e. The second-order valence-electron chi connectivity index (χ2n) is 11.6. The highest BCUT2D eigenvalue weighted by Crippen LogP contribution is 2.35. The lowest BCUT2D eigenvalue weighted by atomic mass is 9.98. The molecule has 0 spiro atoms. The molecule has 1 aliphatic rings. The molecule has 0 aliphatic heterocycles. The summed E-state index contributed by atoms with van der Waals surface area (Å²) in [4.78, 5) is 19.2. The summed E-state index contributed by atoms with van der Waals surface area (Å²) in [5, 5.41) is 9.34. The maximum atomic E-state index is 14.7. The molecular formula is C34H34FN7O2. The van der Waals surface area contributed by atoms with Crippen LogP contribution in [0.2, 0.25) is 0 Å². The van der Waals surface area contributed by atoms with E-state index in [4.69, 9.17) is 9.47 Å². The number of aromatic nitrogens is 6. The molecule has 6 aromatic rings. The molecule has 10 heteroatoms. The summed E-state index contributed by atoms with van der Waals surface area (Å²) in [6.07, 6.45) is 13.3. The van der Waals surface area contributed by atoms with E-state index >= 15 is 0 Å². The van der Waals surface area contributed by atoms with Crippen molar-refractivity contribution < 1.29 is 13.9 Å². The van der Waals surface area contributed by atoms with Gasteiger partial charge >= 0.3 is 0 Å². The van der Waals surface area contributed by atoms with E-state index < -0.39 is 0 Å². The van der Waals surface area contributed by atoms with Crippen LogP contribution in [0.15, 0.2) is 67.3 Å². The van der Waals surface area contributed by atoms with Crippen molar-refractivity contribution in [3.63, 3.8) is 0 Å². The van der Waals surface area contributed by atoms with Crippen LogP contribution < -0.4 is 9.47 Å². The summed E-state index contributed by atoms with van der Waals surface area (Å²) in [7, 11) is 3.94. The zero-order valence-electron chi connectivity index (χ0n) is 24.8. The van der Waals surface area contributed by atoms with E-state index in [1.807, 2.05) is 55.7 Å². The Morgan fingerprint density at radius 1 is 0.886 bits per heavy atom. The number of pyridine rings is 3. The zero-order chi connectivity index (χ0) is 30.0. The summed E-state index contributed by atoms with van der Waals surface area (Å²) < 4.78 is 26.8. The van der Waals surface area contributed by atoms with Gasteiger partial charge in [-0.05, 0) is 76.2 Å². The van der Waals surface area contributed by atoms with Crippen molar-refractivity contribution in [1.29, 1.82) is 0 Å². The number of hydrogen-bond donors (Lipinski definition) is 2. The molecule has 0 saturated heterocycles. The van der Waals surface area contributed by atoms with Gasteiger partial charge in [0.25, 0.3) is 0 Å². The van der Waals surface area contributed by atoms with Crippen LogP contribution in [-0.4, -0.2) is 68.4 Å². The molecule has 0 amide bonds. The van der Waals surface area contributed by atoms with Gasteiger partial charge in [0.1, 0.15) is 23.9 Å². The standard InChI is InChI=1S/C34H34FN7O2/c1-42(2)10-11-43-26-13-21(12-24(35)16-26)32-28-17-31(39-30(28)8-9-37-32)33-29-15-23(19-38-34(29)41-40-33)22-14-27(20-36-18-22)44-25-6-4-3-5-7-25/h8-9,12-20,25,39H,3-7,10-11H2,1-2H3,(H,38,40,41). The summed E-state index contributed by atoms with van der Waals surface area (Å²) >= 11 is 0. The summed E-state index contributed by atoms with van der Waals surface area (Å²) in [6.45, 7) is 1.18. The van der Waals surface area contributed by atoms with E-state index in [1.165, 1.54) is 31.4 Å². The lowest BCUT2D eigenvalue weighted by Crippen LogP contribution is -2.19. The second-order valence-corrected chi connectivity index (χ2v) is 11.6. The molecule has 0 atom stereocenters. The fourth-order valence-corrected chi connectivity index (χ4v) is 5.83. The Kier molecular flexibility index (Phi) is 7.66. The third-order valence-electron chi connectivity index (χ3n) is 8.08. The van der Waals surface area contributed by atoms with Gasteiger partial charge in [-0.25, -0.2) is 9.37 Å². The van der Waals surface area contributed by atoms with E-state index in [0.717, 1.165) is 63.9 Å². The number of hydrogen-bond acceptors (Lipinski definition) is 7. The number of nitrogens with zero attached hydrogens (tertiary/aromatic N) is 5. The van der Waals surface area contributed by atoms with Crippen LogP contribution in [0.3, 0.4) is 0 Å². The largest absolute Gasteiger partial charge is 0.492 e. The van der Waals surface area contributed by atoms with Gasteiger partial charge in [0.15, 0.2) is 5.65 Å². The molecule has 1 saturated carbocycles. The van der Waals surface area contributed by atoms with Gasteiger partial charge in [-0.15, -0.1) is 0 Å². The average Bonchev–Trinajstić information content (AvgIpc) is 3.65. The van der Waals surface area contributed by atoms with E-state index in [2.05, 4.69) is 36.2 Å². The molecule has 7 rings (SSSR count). The third-order valence-corrected chi connectivity index (χ3v) is 8.08. The van der Waals surface area contributed by atoms with Crippen molar-refractivity contribution in [3.05, 3.63) is 73.1 Å². The minimum absolute atomic E-state index is 0.248. The Balaban J connectivity index is 1.21. The van der Waals surface area contributed by atoms with Crippen LogP contribution in [-0.2, 0) is 0 Å². The number of nitrogens with one attached hydrogen (secondary N) is 2. The van der Waals surface area contributed by atoms with E-state index in [9.17, 15) is 4.39 Å². The second kappa shape index (κ2) is 12.0. The van der Waals surface area contributed by atoms with Gasteiger partial charge in [-0.3, -0.25) is 15.1 Å². The predicted molar refractivity (Wildman–Crippen MR) is 169 cm³/mol. The third kappa shape index (κ3) is 5.85. The van der Waals surface area contributed by atoms with Gasteiger partial charge < -0.3 is 19.4 Å². The Bertz CT molecular complexity index is 1930. The predicted octanol–water partition coefficient (Wildman–Crippen LogP) is 7.02. The number of likely N-dealkylation sites (N-methyl/N-ethyl adjacent to an activating group) is 1. The highest BCUT2D eigenvalue weighted by Gasteiger charge is 2.18. The number of benzene rings is 1. The fourth-order valence-electron chi connectivity index (χ4n) is 5.83. The lowest BCUT2D eigenvalue weighted by molar-refractivity contribution is 0.154. The van der Waals surface area contributed by atoms with Crippen LogP contribution in [0, 0.1) is 5.82 Å². The Labute approximate surface area is 254 Å². The van der Waals surface area contributed by atoms with Crippen LogP contribution in [0.4, 0.5) is 4.39 Å². The number of H-pyrrole nitrogens is 2. The number of aromatic amines is 2. The first-order valence-electron chi connectivity index (χ1n) is 15.0. The first-order chi connectivity index (χ1) is 21.5. The molecule has 2 N–H and O–H groups in total. The van der Waals surface area contributed by atoms with Crippen molar-refractivity contribution >= 4 is 21.9 Å². The molecule has 44 heavy (non-hydrogen) atoms. The first kappa shape index (κ1) is 28.0. The number of rotatable bonds is 9. The van der Waals surface area contributed by atoms with Gasteiger partial charge in [-0.2, -0.15) is 5.10 Å². The number of halogens is 1. The van der Waals surface area contributed by atoms with Crippen LogP contribution in [0.5, 0.6) is 11.5 Å². The lowest BCUT2D eigenvalue weighted by Gasteiger charge is -2.23. The highest BCUT2D eigenvalue weighted by atomic mass is 19.1. The maximum Gasteiger partial charge on any atom is 0.181 e. The molecule has 5 heterocycles. The Morgan fingerprint density at radius 3 is 2.59 bits per heavy atom. The van der Waals surface area contributed by atoms with Crippen LogP contribution in [0.1, 0.15) is 32.1 Å². The Morgan fingerprint density at radius 2 is 1.73 bits per heavy atom. The van der Waals surface area contributed by atoms with Crippen LogP contribution in [0.25, 0.3) is 55.7 Å². The van der Waals surface area contributed by atoms with Crippen LogP contribution >= 0.6 is 0 Å². The Hall–Kier alpha value is -4.83. The summed E-state index contributed by atoms with van der Waals surface area (Å²) in [5.41, 5.74) is 6.24. The minimum atomic E-state index is -0.377. The molecule has 9 nitrogen and oxygen atoms in total. The normalized spacial score (nSPS) is 14.1. The molecule has 1 fully saturated rings. The van der Waals surface area contributed by atoms with E-state index in [0.29, 0.717) is 29.3 Å². The molecule has 0 unspecified atom stereocenters. The molecule has 5 aromatic heterocycles. The molecule has 0 bridgehead atoms. The molecule has 1 aromatic carbocycles. The number of fused-ring (bicyclic) bond motifs is 2. The molecule has 224 valence electrons. The monoisotopic (exact) mass is 591 g/mol.